The van der Waals surface area contributed by atoms with Crippen molar-refractivity contribution in [1.82, 2.24) is 0 Å². The Morgan fingerprint density at radius 2 is 0.882 bits per heavy atom. The van der Waals surface area contributed by atoms with E-state index in [1.807, 2.05) is 0 Å². The SMILES string of the molecule is CC1(C)c2ccccc2-c2cc(-c3c4ccccc4c(N4c5ccccc5C(C)(C)c5ccccc54)c4ccc(-c5ccccc5)cc34)ccc21. The van der Waals surface area contributed by atoms with E-state index in [-0.39, 0.29) is 10.8 Å². The number of fused-ring (bicyclic) bond motifs is 7. The van der Waals surface area contributed by atoms with E-state index in [2.05, 4.69) is 196 Å². The van der Waals surface area contributed by atoms with Crippen LogP contribution in [0.15, 0.2) is 164 Å². The predicted octanol–water partition coefficient (Wildman–Crippen LogP) is 13.7. The van der Waals surface area contributed by atoms with Gasteiger partial charge < -0.3 is 4.90 Å². The van der Waals surface area contributed by atoms with Gasteiger partial charge in [0.1, 0.15) is 0 Å². The quantitative estimate of drug-likeness (QED) is 0.172. The molecule has 0 spiro atoms. The summed E-state index contributed by atoms with van der Waals surface area (Å²) >= 11 is 0. The summed E-state index contributed by atoms with van der Waals surface area (Å²) in [4.78, 5) is 2.55. The second-order valence-electron chi connectivity index (χ2n) is 15.3. The molecule has 1 nitrogen and oxygen atoms in total. The average Bonchev–Trinajstić information content (AvgIpc) is 3.40. The van der Waals surface area contributed by atoms with Gasteiger partial charge in [-0.05, 0) is 90.7 Å². The number of anilines is 3. The van der Waals surface area contributed by atoms with Crippen LogP contribution in [0.1, 0.15) is 49.9 Å². The first-order valence-corrected chi connectivity index (χ1v) is 18.1. The van der Waals surface area contributed by atoms with Gasteiger partial charge in [0.2, 0.25) is 0 Å². The van der Waals surface area contributed by atoms with Crippen LogP contribution in [0.5, 0.6) is 0 Å². The Morgan fingerprint density at radius 1 is 0.353 bits per heavy atom. The third-order valence-corrected chi connectivity index (χ3v) is 11.8. The molecule has 8 aromatic rings. The zero-order valence-electron chi connectivity index (χ0n) is 29.5. The second-order valence-corrected chi connectivity index (χ2v) is 15.3. The Hall–Kier alpha value is -5.92. The van der Waals surface area contributed by atoms with Gasteiger partial charge in [-0.2, -0.15) is 0 Å². The summed E-state index contributed by atoms with van der Waals surface area (Å²) in [7, 11) is 0. The van der Waals surface area contributed by atoms with Crippen molar-refractivity contribution in [2.45, 2.75) is 38.5 Å². The molecular weight excluding hydrogens is 615 g/mol. The minimum absolute atomic E-state index is 0.0399. The van der Waals surface area contributed by atoms with E-state index in [4.69, 9.17) is 0 Å². The van der Waals surface area contributed by atoms with E-state index < -0.39 is 0 Å². The van der Waals surface area contributed by atoms with Crippen molar-refractivity contribution in [3.63, 3.8) is 0 Å². The highest BCUT2D eigenvalue weighted by Crippen LogP contribution is 2.56. The first-order valence-electron chi connectivity index (χ1n) is 18.1. The first kappa shape index (κ1) is 29.9. The minimum atomic E-state index is -0.135. The molecule has 51 heavy (non-hydrogen) atoms. The number of rotatable bonds is 3. The summed E-state index contributed by atoms with van der Waals surface area (Å²) in [6, 6.07) is 61.2. The molecule has 0 saturated heterocycles. The number of hydrogen-bond donors (Lipinski definition) is 0. The summed E-state index contributed by atoms with van der Waals surface area (Å²) < 4.78 is 0. The molecule has 1 aliphatic heterocycles. The molecule has 244 valence electrons. The van der Waals surface area contributed by atoms with Gasteiger partial charge in [0.25, 0.3) is 0 Å². The normalized spacial score (nSPS) is 14.9. The summed E-state index contributed by atoms with van der Waals surface area (Å²) in [6.45, 7) is 9.44. The van der Waals surface area contributed by atoms with Crippen LogP contribution in [-0.4, -0.2) is 0 Å². The number of para-hydroxylation sites is 2. The maximum Gasteiger partial charge on any atom is 0.0619 e. The van der Waals surface area contributed by atoms with Gasteiger partial charge in [0.15, 0.2) is 0 Å². The Kier molecular flexibility index (Phi) is 6.34. The van der Waals surface area contributed by atoms with Gasteiger partial charge >= 0.3 is 0 Å². The summed E-state index contributed by atoms with van der Waals surface area (Å²) in [5, 5.41) is 5.01. The molecule has 10 rings (SSSR count). The Morgan fingerprint density at radius 3 is 1.61 bits per heavy atom. The van der Waals surface area contributed by atoms with E-state index in [1.54, 1.807) is 0 Å². The predicted molar refractivity (Wildman–Crippen MR) is 217 cm³/mol. The molecule has 0 radical (unpaired) electrons. The van der Waals surface area contributed by atoms with Crippen LogP contribution in [-0.2, 0) is 10.8 Å². The smallest absolute Gasteiger partial charge is 0.0619 e. The summed E-state index contributed by atoms with van der Waals surface area (Å²) in [5.74, 6) is 0. The highest BCUT2D eigenvalue weighted by atomic mass is 15.2. The molecule has 0 aromatic heterocycles. The van der Waals surface area contributed by atoms with Gasteiger partial charge in [-0.3, -0.25) is 0 Å². The third-order valence-electron chi connectivity index (χ3n) is 11.8. The van der Waals surface area contributed by atoms with Gasteiger partial charge in [0, 0.05) is 21.6 Å². The van der Waals surface area contributed by atoms with Crippen LogP contribution < -0.4 is 4.90 Å². The Bertz CT molecular complexity index is 2650. The molecule has 1 aliphatic carbocycles. The van der Waals surface area contributed by atoms with Gasteiger partial charge in [-0.1, -0.05) is 167 Å². The molecule has 0 saturated carbocycles. The lowest BCUT2D eigenvalue weighted by Gasteiger charge is -2.42. The van der Waals surface area contributed by atoms with E-state index in [1.165, 1.54) is 94.2 Å². The van der Waals surface area contributed by atoms with Crippen LogP contribution in [0.2, 0.25) is 0 Å². The van der Waals surface area contributed by atoms with Crippen molar-refractivity contribution in [2.24, 2.45) is 0 Å². The van der Waals surface area contributed by atoms with Crippen LogP contribution in [0, 0.1) is 0 Å². The van der Waals surface area contributed by atoms with Crippen molar-refractivity contribution >= 4 is 38.6 Å². The maximum absolute atomic E-state index is 2.55. The summed E-state index contributed by atoms with van der Waals surface area (Å²) in [5.41, 5.74) is 16.7. The fraction of sp³-hybridized carbons (Fsp3) is 0.120. The first-order chi connectivity index (χ1) is 24.8. The Balaban J connectivity index is 1.33. The molecular formula is C50H39N. The molecule has 0 unspecified atom stereocenters. The molecule has 0 amide bonds. The van der Waals surface area contributed by atoms with Crippen molar-refractivity contribution < 1.29 is 0 Å². The van der Waals surface area contributed by atoms with Crippen LogP contribution in [0.3, 0.4) is 0 Å². The molecule has 2 aliphatic rings. The van der Waals surface area contributed by atoms with Gasteiger partial charge in [0.05, 0.1) is 17.1 Å². The lowest BCUT2D eigenvalue weighted by atomic mass is 9.73. The molecule has 8 aromatic carbocycles. The van der Waals surface area contributed by atoms with Gasteiger partial charge in [-0.25, -0.2) is 0 Å². The molecule has 0 bridgehead atoms. The van der Waals surface area contributed by atoms with Crippen molar-refractivity contribution in [2.75, 3.05) is 4.90 Å². The lowest BCUT2D eigenvalue weighted by molar-refractivity contribution is 0.632. The van der Waals surface area contributed by atoms with E-state index in [9.17, 15) is 0 Å². The average molecular weight is 654 g/mol. The molecule has 0 atom stereocenters. The maximum atomic E-state index is 2.55. The minimum Gasteiger partial charge on any atom is -0.309 e. The van der Waals surface area contributed by atoms with Crippen molar-refractivity contribution in [3.05, 3.63) is 186 Å². The van der Waals surface area contributed by atoms with Crippen molar-refractivity contribution in [3.8, 4) is 33.4 Å². The molecule has 1 heteroatoms. The topological polar surface area (TPSA) is 3.24 Å². The number of benzene rings is 8. The fourth-order valence-electron chi connectivity index (χ4n) is 9.30. The Labute approximate surface area is 300 Å². The van der Waals surface area contributed by atoms with E-state index in [0.717, 1.165) is 0 Å². The van der Waals surface area contributed by atoms with E-state index in [0.29, 0.717) is 0 Å². The standard InChI is InChI=1S/C50H39N/c1-49(2)41-21-11-10-18-35(41)39-31-34(27-29-42(39)49)47-36-19-8-9-20-37(36)48(38-28-26-33(30-40(38)47)32-16-6-5-7-17-32)51-45-24-14-12-22-43(45)50(3,4)44-23-13-15-25-46(44)51/h5-31H,1-4H3. The molecule has 0 N–H and O–H groups in total. The van der Waals surface area contributed by atoms with Crippen LogP contribution in [0.25, 0.3) is 54.9 Å². The van der Waals surface area contributed by atoms with Crippen LogP contribution in [0.4, 0.5) is 17.1 Å². The monoisotopic (exact) mass is 653 g/mol. The zero-order chi connectivity index (χ0) is 34.5. The van der Waals surface area contributed by atoms with Crippen molar-refractivity contribution in [1.29, 1.82) is 0 Å². The van der Waals surface area contributed by atoms with Gasteiger partial charge in [-0.15, -0.1) is 0 Å². The highest BCUT2D eigenvalue weighted by Gasteiger charge is 2.38. The lowest BCUT2D eigenvalue weighted by Crippen LogP contribution is -2.30. The van der Waals surface area contributed by atoms with E-state index >= 15 is 0 Å². The summed E-state index contributed by atoms with van der Waals surface area (Å²) in [6.07, 6.45) is 0. The molecule has 1 heterocycles. The largest absolute Gasteiger partial charge is 0.309 e. The number of nitrogens with zero attached hydrogens (tertiary/aromatic N) is 1. The fourth-order valence-corrected chi connectivity index (χ4v) is 9.30. The second kappa shape index (κ2) is 10.8. The number of hydrogen-bond acceptors (Lipinski definition) is 1. The molecule has 0 fully saturated rings. The highest BCUT2D eigenvalue weighted by molar-refractivity contribution is 6.23. The van der Waals surface area contributed by atoms with Crippen LogP contribution >= 0.6 is 0 Å². The third kappa shape index (κ3) is 4.22. The zero-order valence-corrected chi connectivity index (χ0v) is 29.5.